The predicted octanol–water partition coefficient (Wildman–Crippen LogP) is -0.644. The fourth-order valence-electron chi connectivity index (χ4n) is 0.880. The van der Waals surface area contributed by atoms with Crippen LogP contribution in [0.3, 0.4) is 0 Å². The number of carbonyl (C=O) groups is 2. The molecule has 5 nitrogen and oxygen atoms in total. The van der Waals surface area contributed by atoms with Crippen molar-refractivity contribution < 1.29 is 14.3 Å². The first-order valence-corrected chi connectivity index (χ1v) is 5.61. The molecule has 6 heteroatoms. The summed E-state index contributed by atoms with van der Waals surface area (Å²) >= 11 is 1.60. The summed E-state index contributed by atoms with van der Waals surface area (Å²) in [6.45, 7) is -0.118. The molecule has 0 spiro atoms. The average molecular weight is 220 g/mol. The van der Waals surface area contributed by atoms with E-state index in [9.17, 15) is 9.59 Å². The number of amides is 1. The second kappa shape index (κ2) is 7.64. The summed E-state index contributed by atoms with van der Waals surface area (Å²) in [4.78, 5) is 22.1. The lowest BCUT2D eigenvalue weighted by Crippen LogP contribution is -2.44. The first-order valence-electron chi connectivity index (χ1n) is 4.21. The molecule has 0 heterocycles. The van der Waals surface area contributed by atoms with Gasteiger partial charge < -0.3 is 15.8 Å². The number of carbonyl (C=O) groups excluding carboxylic acids is 2. The van der Waals surface area contributed by atoms with Crippen molar-refractivity contribution in [3.05, 3.63) is 0 Å². The van der Waals surface area contributed by atoms with E-state index in [0.29, 0.717) is 6.42 Å². The summed E-state index contributed by atoms with van der Waals surface area (Å²) < 4.78 is 4.55. The minimum absolute atomic E-state index is 0.118. The fraction of sp³-hybridized carbons (Fsp3) is 0.750. The molecule has 0 aliphatic heterocycles. The molecular weight excluding hydrogens is 204 g/mol. The van der Waals surface area contributed by atoms with Crippen molar-refractivity contribution in [1.29, 1.82) is 0 Å². The van der Waals surface area contributed by atoms with Crippen LogP contribution >= 0.6 is 11.8 Å². The zero-order chi connectivity index (χ0) is 11.0. The Balaban J connectivity index is 4.09. The van der Waals surface area contributed by atoms with Gasteiger partial charge in [-0.1, -0.05) is 0 Å². The van der Waals surface area contributed by atoms with Crippen LogP contribution in [0.4, 0.5) is 0 Å². The zero-order valence-corrected chi connectivity index (χ0v) is 9.23. The van der Waals surface area contributed by atoms with Crippen molar-refractivity contribution in [3.8, 4) is 0 Å². The topological polar surface area (TPSA) is 81.4 Å². The Morgan fingerprint density at radius 2 is 2.21 bits per heavy atom. The lowest BCUT2D eigenvalue weighted by Gasteiger charge is -2.15. The minimum Gasteiger partial charge on any atom is -0.467 e. The Morgan fingerprint density at radius 1 is 1.57 bits per heavy atom. The van der Waals surface area contributed by atoms with E-state index < -0.39 is 12.0 Å². The van der Waals surface area contributed by atoms with Crippen molar-refractivity contribution >= 4 is 23.6 Å². The van der Waals surface area contributed by atoms with Gasteiger partial charge in [0.2, 0.25) is 5.91 Å². The first-order chi connectivity index (χ1) is 6.65. The first kappa shape index (κ1) is 13.2. The number of hydrogen-bond donors (Lipinski definition) is 2. The van der Waals surface area contributed by atoms with Gasteiger partial charge in [0.1, 0.15) is 6.04 Å². The van der Waals surface area contributed by atoms with E-state index in [1.807, 2.05) is 6.26 Å². The average Bonchev–Trinajstić information content (AvgIpc) is 2.22. The molecule has 0 aliphatic rings. The molecule has 0 saturated heterocycles. The van der Waals surface area contributed by atoms with Gasteiger partial charge in [0.05, 0.1) is 13.7 Å². The van der Waals surface area contributed by atoms with Crippen LogP contribution in [-0.4, -0.2) is 43.6 Å². The van der Waals surface area contributed by atoms with Gasteiger partial charge in [-0.15, -0.1) is 0 Å². The van der Waals surface area contributed by atoms with E-state index in [2.05, 4.69) is 10.1 Å². The Bertz CT molecular complexity index is 199. The van der Waals surface area contributed by atoms with Crippen LogP contribution in [0.5, 0.6) is 0 Å². The lowest BCUT2D eigenvalue weighted by molar-refractivity contribution is -0.144. The molecule has 1 atom stereocenters. The number of nitrogens with two attached hydrogens (primary N) is 1. The van der Waals surface area contributed by atoms with Crippen LogP contribution in [0.15, 0.2) is 0 Å². The zero-order valence-electron chi connectivity index (χ0n) is 8.41. The van der Waals surface area contributed by atoms with Crippen molar-refractivity contribution in [3.63, 3.8) is 0 Å². The van der Waals surface area contributed by atoms with Gasteiger partial charge in [0.15, 0.2) is 0 Å². The Kier molecular flexibility index (Phi) is 7.23. The number of thioether (sulfide) groups is 1. The largest absolute Gasteiger partial charge is 0.467 e. The van der Waals surface area contributed by atoms with Crippen LogP contribution in [0.1, 0.15) is 6.42 Å². The molecule has 1 amide bonds. The van der Waals surface area contributed by atoms with Gasteiger partial charge in [0, 0.05) is 0 Å². The van der Waals surface area contributed by atoms with Gasteiger partial charge in [0.25, 0.3) is 0 Å². The maximum absolute atomic E-state index is 11.2. The standard InChI is InChI=1S/C8H16N2O3S/c1-13-8(12)6(3-4-14-2)10-7(11)5-9/h6H,3-5,9H2,1-2H3,(H,10,11)/t6-/m0/s1. The van der Waals surface area contributed by atoms with E-state index in [0.717, 1.165) is 5.75 Å². The molecular formula is C8H16N2O3S. The van der Waals surface area contributed by atoms with Crippen molar-refractivity contribution in [2.24, 2.45) is 5.73 Å². The van der Waals surface area contributed by atoms with Gasteiger partial charge in [-0.2, -0.15) is 11.8 Å². The molecule has 0 fully saturated rings. The van der Waals surface area contributed by atoms with Gasteiger partial charge in [-0.25, -0.2) is 4.79 Å². The van der Waals surface area contributed by atoms with Crippen LogP contribution in [0.2, 0.25) is 0 Å². The summed E-state index contributed by atoms with van der Waals surface area (Å²) in [5.74, 6) is 0.00676. The maximum atomic E-state index is 11.2. The maximum Gasteiger partial charge on any atom is 0.328 e. The molecule has 0 saturated carbocycles. The molecule has 0 aliphatic carbocycles. The lowest BCUT2D eigenvalue weighted by atomic mass is 10.2. The third-order valence-electron chi connectivity index (χ3n) is 1.62. The number of rotatable bonds is 6. The monoisotopic (exact) mass is 220 g/mol. The van der Waals surface area contributed by atoms with Crippen LogP contribution < -0.4 is 11.1 Å². The van der Waals surface area contributed by atoms with Crippen molar-refractivity contribution in [2.45, 2.75) is 12.5 Å². The van der Waals surface area contributed by atoms with E-state index >= 15 is 0 Å². The molecule has 0 unspecified atom stereocenters. The number of hydrogen-bond acceptors (Lipinski definition) is 5. The summed E-state index contributed by atoms with van der Waals surface area (Å²) in [6, 6.07) is -0.580. The molecule has 0 aromatic rings. The molecule has 0 radical (unpaired) electrons. The highest BCUT2D eigenvalue weighted by Gasteiger charge is 2.19. The smallest absolute Gasteiger partial charge is 0.328 e. The summed E-state index contributed by atoms with van der Waals surface area (Å²) in [5, 5.41) is 2.50. The highest BCUT2D eigenvalue weighted by molar-refractivity contribution is 7.98. The Labute approximate surface area is 87.7 Å². The summed E-state index contributed by atoms with van der Waals surface area (Å²) in [6.07, 6.45) is 2.48. The van der Waals surface area contributed by atoms with E-state index in [4.69, 9.17) is 5.73 Å². The Morgan fingerprint density at radius 3 is 2.64 bits per heavy atom. The quantitative estimate of drug-likeness (QED) is 0.582. The van der Waals surface area contributed by atoms with E-state index in [-0.39, 0.29) is 12.5 Å². The summed E-state index contributed by atoms with van der Waals surface area (Å²) in [7, 11) is 1.29. The van der Waals surface area contributed by atoms with Gasteiger partial charge in [-0.05, 0) is 18.4 Å². The van der Waals surface area contributed by atoms with Crippen molar-refractivity contribution in [1.82, 2.24) is 5.32 Å². The van der Waals surface area contributed by atoms with Crippen LogP contribution in [0, 0.1) is 0 Å². The third-order valence-corrected chi connectivity index (χ3v) is 2.26. The normalized spacial score (nSPS) is 11.9. The van der Waals surface area contributed by atoms with Gasteiger partial charge in [-0.3, -0.25) is 4.79 Å². The van der Waals surface area contributed by atoms with Crippen LogP contribution in [0.25, 0.3) is 0 Å². The molecule has 0 aromatic carbocycles. The highest BCUT2D eigenvalue weighted by Crippen LogP contribution is 2.02. The molecule has 0 bridgehead atoms. The van der Waals surface area contributed by atoms with Gasteiger partial charge >= 0.3 is 5.97 Å². The number of nitrogens with one attached hydrogen (secondary N) is 1. The molecule has 14 heavy (non-hydrogen) atoms. The second-order valence-electron chi connectivity index (χ2n) is 2.63. The summed E-state index contributed by atoms with van der Waals surface area (Å²) in [5.41, 5.74) is 5.12. The molecule has 0 rings (SSSR count). The van der Waals surface area contributed by atoms with E-state index in [1.54, 1.807) is 11.8 Å². The predicted molar refractivity (Wildman–Crippen MR) is 56.0 cm³/mol. The van der Waals surface area contributed by atoms with Crippen LogP contribution in [-0.2, 0) is 14.3 Å². The second-order valence-corrected chi connectivity index (χ2v) is 3.61. The minimum atomic E-state index is -0.580. The Hall–Kier alpha value is -0.750. The molecule has 0 aromatic heterocycles. The molecule has 3 N–H and O–H groups in total. The molecule has 82 valence electrons. The SMILES string of the molecule is COC(=O)[C@H](CCSC)NC(=O)CN. The third kappa shape index (κ3) is 5.08. The fourth-order valence-corrected chi connectivity index (χ4v) is 1.35. The van der Waals surface area contributed by atoms with E-state index in [1.165, 1.54) is 7.11 Å². The number of methoxy groups -OCH3 is 1. The van der Waals surface area contributed by atoms with Crippen molar-refractivity contribution in [2.75, 3.05) is 25.7 Å². The number of ether oxygens (including phenoxy) is 1. The highest BCUT2D eigenvalue weighted by atomic mass is 32.2. The number of esters is 1.